The molecule has 3 heteroatoms. The normalized spacial score (nSPS) is 12.5. The molecule has 0 heterocycles. The Balaban J connectivity index is 2.92. The fourth-order valence-electron chi connectivity index (χ4n) is 2.12. The lowest BCUT2D eigenvalue weighted by Gasteiger charge is -2.20. The first kappa shape index (κ1) is 15.7. The van der Waals surface area contributed by atoms with Crippen LogP contribution < -0.4 is 4.74 Å². The van der Waals surface area contributed by atoms with Gasteiger partial charge in [0.15, 0.2) is 5.78 Å². The molecule has 0 saturated heterocycles. The summed E-state index contributed by atoms with van der Waals surface area (Å²) >= 11 is 0. The van der Waals surface area contributed by atoms with Gasteiger partial charge < -0.3 is 9.84 Å². The van der Waals surface area contributed by atoms with Crippen molar-refractivity contribution in [2.24, 2.45) is 5.92 Å². The summed E-state index contributed by atoms with van der Waals surface area (Å²) in [5.74, 6) is 0.339. The molecule has 0 fully saturated rings. The fourth-order valence-corrected chi connectivity index (χ4v) is 2.12. The second kappa shape index (κ2) is 7.95. The minimum absolute atomic E-state index is 0.00623. The summed E-state index contributed by atoms with van der Waals surface area (Å²) in [5, 5.41) is 10.2. The number of hydrogen-bond acceptors (Lipinski definition) is 3. The number of carbonyl (C=O) groups excluding carboxylic acids is 1. The summed E-state index contributed by atoms with van der Waals surface area (Å²) in [6.45, 7) is 6.57. The van der Waals surface area contributed by atoms with E-state index in [1.807, 2.05) is 26.8 Å². The van der Waals surface area contributed by atoms with Crippen LogP contribution in [0.5, 0.6) is 5.75 Å². The summed E-state index contributed by atoms with van der Waals surface area (Å²) in [7, 11) is 0. The highest BCUT2D eigenvalue weighted by Crippen LogP contribution is 2.24. The van der Waals surface area contributed by atoms with Crippen molar-refractivity contribution in [1.29, 1.82) is 0 Å². The molecule has 1 aromatic carbocycles. The second-order valence-corrected chi connectivity index (χ2v) is 4.73. The molecule has 0 aliphatic carbocycles. The highest BCUT2D eigenvalue weighted by molar-refractivity contribution is 6.01. The molecule has 0 bridgehead atoms. The summed E-state index contributed by atoms with van der Waals surface area (Å²) in [6.07, 6.45) is 1.53. The lowest BCUT2D eigenvalue weighted by atomic mass is 9.90. The average Bonchev–Trinajstić information content (AvgIpc) is 2.45. The smallest absolute Gasteiger partial charge is 0.195 e. The quantitative estimate of drug-likeness (QED) is 0.731. The molecule has 1 unspecified atom stereocenters. The first-order valence-electron chi connectivity index (χ1n) is 7.09. The van der Waals surface area contributed by atoms with Gasteiger partial charge in [0, 0.05) is 0 Å². The number of rotatable bonds is 8. The van der Waals surface area contributed by atoms with E-state index in [0.717, 1.165) is 19.3 Å². The maximum absolute atomic E-state index is 12.4. The van der Waals surface area contributed by atoms with Gasteiger partial charge in [-0.05, 0) is 24.5 Å². The van der Waals surface area contributed by atoms with Gasteiger partial charge in [0.25, 0.3) is 0 Å². The molecule has 1 atom stereocenters. The Labute approximate surface area is 115 Å². The van der Waals surface area contributed by atoms with Crippen molar-refractivity contribution in [1.82, 2.24) is 0 Å². The summed E-state index contributed by atoms with van der Waals surface area (Å²) in [6, 6.07) is 7.14. The Kier molecular flexibility index (Phi) is 6.57. The van der Waals surface area contributed by atoms with E-state index in [-0.39, 0.29) is 11.7 Å². The van der Waals surface area contributed by atoms with Crippen LogP contribution in [0, 0.1) is 5.92 Å². The fraction of sp³-hybridized carbons (Fsp3) is 0.562. The van der Waals surface area contributed by atoms with Crippen LogP contribution in [0.3, 0.4) is 0 Å². The van der Waals surface area contributed by atoms with Crippen molar-refractivity contribution in [3.63, 3.8) is 0 Å². The van der Waals surface area contributed by atoms with E-state index < -0.39 is 6.10 Å². The number of para-hydroxylation sites is 1. The standard InChI is InChI=1S/C16H24O3/c1-4-11-19-14-10-8-7-9-13(14)16(18)15(17)12(5-2)6-3/h7-10,12,15,17H,4-6,11H2,1-3H3. The van der Waals surface area contributed by atoms with E-state index in [1.165, 1.54) is 0 Å². The lowest BCUT2D eigenvalue weighted by molar-refractivity contribution is 0.0584. The molecule has 1 aromatic rings. The lowest BCUT2D eigenvalue weighted by Crippen LogP contribution is -2.29. The SMILES string of the molecule is CCCOc1ccccc1C(=O)C(O)C(CC)CC. The molecule has 1 rings (SSSR count). The van der Waals surface area contributed by atoms with E-state index >= 15 is 0 Å². The third-order valence-corrected chi connectivity index (χ3v) is 3.38. The van der Waals surface area contributed by atoms with Gasteiger partial charge >= 0.3 is 0 Å². The summed E-state index contributed by atoms with van der Waals surface area (Å²) < 4.78 is 5.57. The number of ether oxygens (including phenoxy) is 1. The zero-order valence-electron chi connectivity index (χ0n) is 12.1. The van der Waals surface area contributed by atoms with Gasteiger partial charge in [-0.1, -0.05) is 45.7 Å². The van der Waals surface area contributed by atoms with E-state index in [1.54, 1.807) is 18.2 Å². The van der Waals surface area contributed by atoms with Crippen molar-refractivity contribution in [3.05, 3.63) is 29.8 Å². The van der Waals surface area contributed by atoms with Crippen LogP contribution in [0.1, 0.15) is 50.4 Å². The van der Waals surface area contributed by atoms with Gasteiger partial charge in [-0.25, -0.2) is 0 Å². The average molecular weight is 264 g/mol. The molecular weight excluding hydrogens is 240 g/mol. The van der Waals surface area contributed by atoms with Gasteiger partial charge in [-0.15, -0.1) is 0 Å². The Morgan fingerprint density at radius 3 is 2.42 bits per heavy atom. The topological polar surface area (TPSA) is 46.5 Å². The molecule has 3 nitrogen and oxygen atoms in total. The van der Waals surface area contributed by atoms with Crippen molar-refractivity contribution in [2.75, 3.05) is 6.61 Å². The summed E-state index contributed by atoms with van der Waals surface area (Å²) in [5.41, 5.74) is 0.482. The van der Waals surface area contributed by atoms with Crippen LogP contribution in [0.2, 0.25) is 0 Å². The predicted octanol–water partition coefficient (Wildman–Crippen LogP) is 3.46. The Morgan fingerprint density at radius 1 is 1.21 bits per heavy atom. The molecule has 0 aliphatic rings. The van der Waals surface area contributed by atoms with E-state index in [2.05, 4.69) is 0 Å². The number of aliphatic hydroxyl groups excluding tert-OH is 1. The van der Waals surface area contributed by atoms with Crippen LogP contribution >= 0.6 is 0 Å². The maximum Gasteiger partial charge on any atom is 0.195 e. The summed E-state index contributed by atoms with van der Waals surface area (Å²) in [4.78, 5) is 12.4. The first-order valence-corrected chi connectivity index (χ1v) is 7.09. The van der Waals surface area contributed by atoms with E-state index in [4.69, 9.17) is 4.74 Å². The molecule has 0 radical (unpaired) electrons. The number of ketones is 1. The number of Topliss-reactive ketones (excluding diaryl/α,β-unsaturated/α-hetero) is 1. The second-order valence-electron chi connectivity index (χ2n) is 4.73. The minimum atomic E-state index is -0.943. The molecule has 106 valence electrons. The van der Waals surface area contributed by atoms with Crippen molar-refractivity contribution < 1.29 is 14.6 Å². The van der Waals surface area contributed by atoms with Gasteiger partial charge in [-0.3, -0.25) is 4.79 Å². The maximum atomic E-state index is 12.4. The Bertz CT molecular complexity index is 397. The molecule has 0 amide bonds. The van der Waals surface area contributed by atoms with E-state index in [9.17, 15) is 9.90 Å². The number of benzene rings is 1. The molecule has 0 saturated carbocycles. The molecule has 0 spiro atoms. The van der Waals surface area contributed by atoms with Gasteiger partial charge in [0.05, 0.1) is 12.2 Å². The van der Waals surface area contributed by atoms with Crippen molar-refractivity contribution in [2.45, 2.75) is 46.1 Å². The van der Waals surface area contributed by atoms with Crippen molar-refractivity contribution >= 4 is 5.78 Å². The van der Waals surface area contributed by atoms with Gasteiger partial charge in [0.1, 0.15) is 11.9 Å². The monoisotopic (exact) mass is 264 g/mol. The van der Waals surface area contributed by atoms with Gasteiger partial charge in [-0.2, -0.15) is 0 Å². The minimum Gasteiger partial charge on any atom is -0.493 e. The van der Waals surface area contributed by atoms with Gasteiger partial charge in [0.2, 0.25) is 0 Å². The molecule has 0 aliphatic heterocycles. The van der Waals surface area contributed by atoms with Crippen LogP contribution in [0.25, 0.3) is 0 Å². The molecule has 1 N–H and O–H groups in total. The van der Waals surface area contributed by atoms with Crippen LogP contribution in [0.4, 0.5) is 0 Å². The van der Waals surface area contributed by atoms with Crippen LogP contribution in [-0.2, 0) is 0 Å². The highest BCUT2D eigenvalue weighted by Gasteiger charge is 2.26. The largest absolute Gasteiger partial charge is 0.493 e. The first-order chi connectivity index (χ1) is 9.15. The van der Waals surface area contributed by atoms with Crippen molar-refractivity contribution in [3.8, 4) is 5.75 Å². The number of carbonyl (C=O) groups is 1. The third kappa shape index (κ3) is 4.06. The third-order valence-electron chi connectivity index (χ3n) is 3.38. The Morgan fingerprint density at radius 2 is 1.84 bits per heavy atom. The number of aliphatic hydroxyl groups is 1. The molecule has 19 heavy (non-hydrogen) atoms. The molecule has 0 aromatic heterocycles. The van der Waals surface area contributed by atoms with Crippen LogP contribution in [0.15, 0.2) is 24.3 Å². The number of hydrogen-bond donors (Lipinski definition) is 1. The van der Waals surface area contributed by atoms with E-state index in [0.29, 0.717) is 17.9 Å². The predicted molar refractivity (Wildman–Crippen MR) is 76.6 cm³/mol. The Hall–Kier alpha value is -1.35. The molecular formula is C16H24O3. The zero-order valence-corrected chi connectivity index (χ0v) is 12.1. The van der Waals surface area contributed by atoms with Crippen LogP contribution in [-0.4, -0.2) is 23.6 Å². The zero-order chi connectivity index (χ0) is 14.3. The highest BCUT2D eigenvalue weighted by atomic mass is 16.5.